The van der Waals surface area contributed by atoms with Crippen molar-refractivity contribution >= 4 is 5.69 Å². The second-order valence-electron chi connectivity index (χ2n) is 4.86. The van der Waals surface area contributed by atoms with Crippen molar-refractivity contribution in [1.82, 2.24) is 14.7 Å². The van der Waals surface area contributed by atoms with Crippen molar-refractivity contribution < 1.29 is 0 Å². The Kier molecular flexibility index (Phi) is 5.62. The molecule has 1 aromatic carbocycles. The van der Waals surface area contributed by atoms with Gasteiger partial charge in [-0.3, -0.25) is 4.68 Å². The molecule has 2 rings (SSSR count). The lowest BCUT2D eigenvalue weighted by Crippen LogP contribution is -2.27. The van der Waals surface area contributed by atoms with Crippen LogP contribution in [-0.2, 0) is 13.1 Å². The number of rotatable bonds is 8. The first-order chi connectivity index (χ1) is 9.81. The average molecular weight is 272 g/mol. The van der Waals surface area contributed by atoms with Crippen LogP contribution in [0.1, 0.15) is 19.4 Å². The summed E-state index contributed by atoms with van der Waals surface area (Å²) >= 11 is 0. The second-order valence-corrected chi connectivity index (χ2v) is 4.86. The van der Waals surface area contributed by atoms with Crippen molar-refractivity contribution in [3.63, 3.8) is 0 Å². The lowest BCUT2D eigenvalue weighted by atomic mass is 10.2. The van der Waals surface area contributed by atoms with Gasteiger partial charge in [0.25, 0.3) is 0 Å². The zero-order chi connectivity index (χ0) is 14.2. The molecule has 4 nitrogen and oxygen atoms in total. The molecule has 2 aromatic rings. The molecule has 1 heterocycles. The van der Waals surface area contributed by atoms with Gasteiger partial charge in [-0.25, -0.2) is 0 Å². The van der Waals surface area contributed by atoms with Gasteiger partial charge in [-0.05, 0) is 18.7 Å². The van der Waals surface area contributed by atoms with Gasteiger partial charge >= 0.3 is 0 Å². The summed E-state index contributed by atoms with van der Waals surface area (Å²) in [6.07, 6.45) is 3.97. The molecule has 108 valence electrons. The van der Waals surface area contributed by atoms with Crippen LogP contribution in [-0.4, -0.2) is 34.3 Å². The minimum absolute atomic E-state index is 0.836. The van der Waals surface area contributed by atoms with Crippen LogP contribution in [0.2, 0.25) is 0 Å². The Morgan fingerprint density at radius 3 is 2.60 bits per heavy atom. The zero-order valence-corrected chi connectivity index (χ0v) is 12.4. The van der Waals surface area contributed by atoms with Gasteiger partial charge in [0, 0.05) is 19.3 Å². The molecule has 20 heavy (non-hydrogen) atoms. The van der Waals surface area contributed by atoms with Gasteiger partial charge in [0.05, 0.1) is 18.4 Å². The van der Waals surface area contributed by atoms with Crippen LogP contribution in [0, 0.1) is 0 Å². The number of anilines is 1. The molecule has 0 saturated carbocycles. The number of hydrogen-bond donors (Lipinski definition) is 1. The summed E-state index contributed by atoms with van der Waals surface area (Å²) in [5, 5.41) is 7.80. The Labute approximate surface area is 121 Å². The standard InChI is InChI=1S/C16H24N4/c1-3-19(4-2)10-11-20-14-16(13-18-20)17-12-15-8-6-5-7-9-15/h5-9,13-14,17H,3-4,10-12H2,1-2H3. The Morgan fingerprint density at radius 2 is 1.90 bits per heavy atom. The van der Waals surface area contributed by atoms with Crippen LogP contribution in [0.25, 0.3) is 0 Å². The first-order valence-electron chi connectivity index (χ1n) is 7.34. The van der Waals surface area contributed by atoms with E-state index in [2.05, 4.69) is 59.6 Å². The topological polar surface area (TPSA) is 33.1 Å². The smallest absolute Gasteiger partial charge is 0.0729 e. The van der Waals surface area contributed by atoms with Crippen molar-refractivity contribution in [3.05, 3.63) is 48.3 Å². The maximum atomic E-state index is 4.40. The van der Waals surface area contributed by atoms with Gasteiger partial charge in [-0.2, -0.15) is 5.10 Å². The van der Waals surface area contributed by atoms with Crippen LogP contribution in [0.5, 0.6) is 0 Å². The van der Waals surface area contributed by atoms with Crippen LogP contribution < -0.4 is 5.32 Å². The van der Waals surface area contributed by atoms with E-state index in [-0.39, 0.29) is 0 Å². The molecular formula is C16H24N4. The molecule has 0 spiro atoms. The lowest BCUT2D eigenvalue weighted by molar-refractivity contribution is 0.285. The number of hydrogen-bond acceptors (Lipinski definition) is 3. The summed E-state index contributed by atoms with van der Waals surface area (Å²) in [5.41, 5.74) is 2.36. The highest BCUT2D eigenvalue weighted by molar-refractivity contribution is 5.39. The van der Waals surface area contributed by atoms with Crippen molar-refractivity contribution in [2.24, 2.45) is 0 Å². The van der Waals surface area contributed by atoms with Crippen molar-refractivity contribution in [1.29, 1.82) is 0 Å². The summed E-state index contributed by atoms with van der Waals surface area (Å²) in [6.45, 7) is 9.40. The summed E-state index contributed by atoms with van der Waals surface area (Å²) in [7, 11) is 0. The molecule has 0 bridgehead atoms. The monoisotopic (exact) mass is 272 g/mol. The highest BCUT2D eigenvalue weighted by atomic mass is 15.3. The van der Waals surface area contributed by atoms with Crippen LogP contribution in [0.4, 0.5) is 5.69 Å². The fourth-order valence-electron chi connectivity index (χ4n) is 2.16. The molecule has 4 heteroatoms. The van der Waals surface area contributed by atoms with Gasteiger partial charge in [0.2, 0.25) is 0 Å². The van der Waals surface area contributed by atoms with Crippen molar-refractivity contribution in [2.75, 3.05) is 25.0 Å². The van der Waals surface area contributed by atoms with Crippen molar-refractivity contribution in [2.45, 2.75) is 26.9 Å². The maximum absolute atomic E-state index is 4.40. The average Bonchev–Trinajstić information content (AvgIpc) is 2.95. The Hall–Kier alpha value is -1.81. The van der Waals surface area contributed by atoms with E-state index < -0.39 is 0 Å². The summed E-state index contributed by atoms with van der Waals surface area (Å²) in [6, 6.07) is 10.4. The summed E-state index contributed by atoms with van der Waals surface area (Å²) in [5.74, 6) is 0. The van der Waals surface area contributed by atoms with Gasteiger partial charge in [-0.15, -0.1) is 0 Å². The fraction of sp³-hybridized carbons (Fsp3) is 0.438. The van der Waals surface area contributed by atoms with E-state index >= 15 is 0 Å². The molecule has 0 unspecified atom stereocenters. The highest BCUT2D eigenvalue weighted by Crippen LogP contribution is 2.08. The predicted octanol–water partition coefficient (Wildman–Crippen LogP) is 2.84. The fourth-order valence-corrected chi connectivity index (χ4v) is 2.16. The maximum Gasteiger partial charge on any atom is 0.0729 e. The molecule has 0 aliphatic carbocycles. The molecule has 0 aliphatic rings. The molecule has 0 aliphatic heterocycles. The molecule has 1 N–H and O–H groups in total. The van der Waals surface area contributed by atoms with E-state index in [9.17, 15) is 0 Å². The molecule has 0 radical (unpaired) electrons. The number of benzene rings is 1. The predicted molar refractivity (Wildman–Crippen MR) is 83.8 cm³/mol. The van der Waals surface area contributed by atoms with Crippen LogP contribution in [0.3, 0.4) is 0 Å². The minimum Gasteiger partial charge on any atom is -0.378 e. The Balaban J connectivity index is 1.80. The van der Waals surface area contributed by atoms with Crippen LogP contribution >= 0.6 is 0 Å². The lowest BCUT2D eigenvalue weighted by Gasteiger charge is -2.17. The molecule has 0 amide bonds. The van der Waals surface area contributed by atoms with E-state index in [0.29, 0.717) is 0 Å². The van der Waals surface area contributed by atoms with Gasteiger partial charge in [0.15, 0.2) is 0 Å². The molecule has 0 saturated heterocycles. The van der Waals surface area contributed by atoms with Gasteiger partial charge in [0.1, 0.15) is 0 Å². The quantitative estimate of drug-likeness (QED) is 0.802. The SMILES string of the molecule is CCN(CC)CCn1cc(NCc2ccccc2)cn1. The number of likely N-dealkylation sites (N-methyl/N-ethyl adjacent to an activating group) is 1. The Morgan fingerprint density at radius 1 is 1.15 bits per heavy atom. The van der Waals surface area contributed by atoms with Crippen LogP contribution in [0.15, 0.2) is 42.7 Å². The first-order valence-corrected chi connectivity index (χ1v) is 7.34. The number of nitrogens with zero attached hydrogens (tertiary/aromatic N) is 3. The molecule has 0 atom stereocenters. The number of aromatic nitrogens is 2. The third-order valence-electron chi connectivity index (χ3n) is 3.51. The minimum atomic E-state index is 0.836. The highest BCUT2D eigenvalue weighted by Gasteiger charge is 2.01. The molecular weight excluding hydrogens is 248 g/mol. The normalized spacial score (nSPS) is 10.9. The molecule has 1 aromatic heterocycles. The summed E-state index contributed by atoms with van der Waals surface area (Å²) < 4.78 is 2.01. The molecule has 0 fully saturated rings. The third-order valence-corrected chi connectivity index (χ3v) is 3.51. The largest absolute Gasteiger partial charge is 0.378 e. The second kappa shape index (κ2) is 7.70. The first kappa shape index (κ1) is 14.6. The van der Waals surface area contributed by atoms with E-state index in [1.54, 1.807) is 0 Å². The number of nitrogens with one attached hydrogen (secondary N) is 1. The Bertz CT molecular complexity index is 488. The van der Waals surface area contributed by atoms with E-state index in [1.165, 1.54) is 5.56 Å². The zero-order valence-electron chi connectivity index (χ0n) is 12.4. The van der Waals surface area contributed by atoms with Crippen molar-refractivity contribution in [3.8, 4) is 0 Å². The van der Waals surface area contributed by atoms with E-state index in [1.807, 2.05) is 16.9 Å². The van der Waals surface area contributed by atoms with E-state index in [0.717, 1.165) is 38.4 Å². The summed E-state index contributed by atoms with van der Waals surface area (Å²) in [4.78, 5) is 2.40. The van der Waals surface area contributed by atoms with Gasteiger partial charge < -0.3 is 10.2 Å². The van der Waals surface area contributed by atoms with E-state index in [4.69, 9.17) is 0 Å². The third kappa shape index (κ3) is 4.38. The van der Waals surface area contributed by atoms with Gasteiger partial charge in [-0.1, -0.05) is 44.2 Å².